The minimum atomic E-state index is 0.0994. The average Bonchev–Trinajstić information content (AvgIpc) is 2.93. The van der Waals surface area contributed by atoms with E-state index in [-0.39, 0.29) is 18.0 Å². The van der Waals surface area contributed by atoms with E-state index in [0.29, 0.717) is 6.54 Å². The van der Waals surface area contributed by atoms with Crippen molar-refractivity contribution >= 4 is 21.8 Å². The molecule has 100 valence electrons. The van der Waals surface area contributed by atoms with Crippen LogP contribution in [-0.4, -0.2) is 34.5 Å². The van der Waals surface area contributed by atoms with E-state index < -0.39 is 0 Å². The minimum absolute atomic E-state index is 0.0994. The highest BCUT2D eigenvalue weighted by Crippen LogP contribution is 2.24. The molecular weight excluding hydrogens is 294 g/mol. The van der Waals surface area contributed by atoms with Gasteiger partial charge >= 0.3 is 0 Å². The van der Waals surface area contributed by atoms with Crippen LogP contribution in [0.4, 0.5) is 0 Å². The predicted octanol–water partition coefficient (Wildman–Crippen LogP) is 2.39. The van der Waals surface area contributed by atoms with E-state index in [2.05, 4.69) is 29.8 Å². The molecular formula is C13H20BrN3O. The third-order valence-electron chi connectivity index (χ3n) is 3.50. The molecule has 1 aliphatic heterocycles. The lowest BCUT2D eigenvalue weighted by molar-refractivity contribution is 0.0728. The summed E-state index contributed by atoms with van der Waals surface area (Å²) < 4.78 is 2.96. The van der Waals surface area contributed by atoms with Crippen molar-refractivity contribution < 1.29 is 4.79 Å². The van der Waals surface area contributed by atoms with E-state index >= 15 is 0 Å². The van der Waals surface area contributed by atoms with Gasteiger partial charge in [-0.1, -0.05) is 0 Å². The predicted molar refractivity (Wildman–Crippen MR) is 75.6 cm³/mol. The zero-order chi connectivity index (χ0) is 13.3. The van der Waals surface area contributed by atoms with E-state index in [4.69, 9.17) is 5.73 Å². The molecule has 1 aromatic heterocycles. The molecule has 1 aliphatic rings. The Bertz CT molecular complexity index is 441. The van der Waals surface area contributed by atoms with Crippen LogP contribution in [0, 0.1) is 0 Å². The number of nitrogens with two attached hydrogens (primary N) is 1. The van der Waals surface area contributed by atoms with Crippen molar-refractivity contribution in [3.63, 3.8) is 0 Å². The molecule has 0 radical (unpaired) electrons. The first kappa shape index (κ1) is 13.6. The number of aromatic nitrogens is 1. The number of amides is 1. The number of carbonyl (C=O) groups excluding carboxylic acids is 1. The Morgan fingerprint density at radius 2 is 2.33 bits per heavy atom. The highest BCUT2D eigenvalue weighted by molar-refractivity contribution is 9.10. The van der Waals surface area contributed by atoms with Gasteiger partial charge in [-0.25, -0.2) is 0 Å². The first-order chi connectivity index (χ1) is 8.54. The Hall–Kier alpha value is -0.810. The minimum Gasteiger partial charge on any atom is -0.340 e. The molecule has 1 saturated heterocycles. The Balaban J connectivity index is 2.28. The molecule has 0 bridgehead atoms. The molecule has 1 amide bonds. The molecule has 1 fully saturated rings. The lowest BCUT2D eigenvalue weighted by atomic mass is 10.2. The summed E-state index contributed by atoms with van der Waals surface area (Å²) in [4.78, 5) is 14.5. The van der Waals surface area contributed by atoms with Gasteiger partial charge in [0.15, 0.2) is 0 Å². The Labute approximate surface area is 116 Å². The fourth-order valence-corrected chi connectivity index (χ4v) is 2.98. The lowest BCUT2D eigenvalue weighted by Gasteiger charge is -2.24. The number of nitrogens with zero attached hydrogens (tertiary/aromatic N) is 2. The number of hydrogen-bond acceptors (Lipinski definition) is 2. The van der Waals surface area contributed by atoms with Crippen molar-refractivity contribution in [3.05, 3.63) is 22.4 Å². The molecule has 5 heteroatoms. The maximum absolute atomic E-state index is 12.6. The van der Waals surface area contributed by atoms with Gasteiger partial charge in [-0.3, -0.25) is 4.79 Å². The van der Waals surface area contributed by atoms with E-state index in [1.165, 1.54) is 0 Å². The summed E-state index contributed by atoms with van der Waals surface area (Å²) in [5.41, 5.74) is 6.48. The summed E-state index contributed by atoms with van der Waals surface area (Å²) in [6.45, 7) is 5.53. The molecule has 1 atom stereocenters. The first-order valence-electron chi connectivity index (χ1n) is 6.43. The highest BCUT2D eigenvalue weighted by atomic mass is 79.9. The molecule has 2 heterocycles. The zero-order valence-electron chi connectivity index (χ0n) is 10.9. The Kier molecular flexibility index (Phi) is 4.12. The maximum Gasteiger partial charge on any atom is 0.270 e. The van der Waals surface area contributed by atoms with Crippen molar-refractivity contribution in [1.82, 2.24) is 9.47 Å². The van der Waals surface area contributed by atoms with E-state index in [0.717, 1.165) is 29.6 Å². The fraction of sp³-hybridized carbons (Fsp3) is 0.615. The molecule has 0 aliphatic carbocycles. The van der Waals surface area contributed by atoms with Crippen molar-refractivity contribution in [1.29, 1.82) is 0 Å². The summed E-state index contributed by atoms with van der Waals surface area (Å²) in [5, 5.41) is 0. The summed E-state index contributed by atoms with van der Waals surface area (Å²) in [7, 11) is 0. The lowest BCUT2D eigenvalue weighted by Crippen LogP contribution is -2.40. The number of likely N-dealkylation sites (tertiary alicyclic amines) is 1. The molecule has 18 heavy (non-hydrogen) atoms. The standard InChI is InChI=1S/C13H20BrN3O/c1-9(2)17-8-10(14)6-12(17)13(18)16-5-3-4-11(16)7-15/h6,8-9,11H,3-5,7,15H2,1-2H3. The summed E-state index contributed by atoms with van der Waals surface area (Å²) >= 11 is 3.44. The zero-order valence-corrected chi connectivity index (χ0v) is 12.5. The largest absolute Gasteiger partial charge is 0.340 e. The van der Waals surface area contributed by atoms with Crippen LogP contribution in [0.25, 0.3) is 0 Å². The number of carbonyl (C=O) groups is 1. The second kappa shape index (κ2) is 5.45. The van der Waals surface area contributed by atoms with Crippen molar-refractivity contribution in [2.45, 2.75) is 38.8 Å². The summed E-state index contributed by atoms with van der Waals surface area (Å²) in [5.74, 6) is 0.0994. The SMILES string of the molecule is CC(C)n1cc(Br)cc1C(=O)N1CCCC1CN. The van der Waals surface area contributed by atoms with Crippen LogP contribution in [-0.2, 0) is 0 Å². The third-order valence-corrected chi connectivity index (χ3v) is 3.93. The number of rotatable bonds is 3. The molecule has 0 spiro atoms. The van der Waals surface area contributed by atoms with Crippen LogP contribution < -0.4 is 5.73 Å². The average molecular weight is 314 g/mol. The van der Waals surface area contributed by atoms with Gasteiger partial charge in [0.25, 0.3) is 5.91 Å². The van der Waals surface area contributed by atoms with Crippen molar-refractivity contribution in [3.8, 4) is 0 Å². The molecule has 0 saturated carbocycles. The number of halogens is 1. The topological polar surface area (TPSA) is 51.3 Å². The highest BCUT2D eigenvalue weighted by Gasteiger charge is 2.30. The van der Waals surface area contributed by atoms with Crippen molar-refractivity contribution in [2.24, 2.45) is 5.73 Å². The van der Waals surface area contributed by atoms with Crippen LogP contribution >= 0.6 is 15.9 Å². The first-order valence-corrected chi connectivity index (χ1v) is 7.22. The molecule has 4 nitrogen and oxygen atoms in total. The molecule has 1 aromatic rings. The second-order valence-corrected chi connectivity index (χ2v) is 5.99. The Morgan fingerprint density at radius 3 is 2.94 bits per heavy atom. The van der Waals surface area contributed by atoms with Gasteiger partial charge < -0.3 is 15.2 Å². The number of hydrogen-bond donors (Lipinski definition) is 1. The second-order valence-electron chi connectivity index (χ2n) is 5.07. The van der Waals surface area contributed by atoms with Gasteiger partial charge in [0.05, 0.1) is 0 Å². The molecule has 1 unspecified atom stereocenters. The van der Waals surface area contributed by atoms with Crippen LogP contribution in [0.5, 0.6) is 0 Å². The van der Waals surface area contributed by atoms with Gasteiger partial charge in [0, 0.05) is 35.8 Å². The van der Waals surface area contributed by atoms with Crippen LogP contribution in [0.1, 0.15) is 43.2 Å². The van der Waals surface area contributed by atoms with Crippen LogP contribution in [0.3, 0.4) is 0 Å². The smallest absolute Gasteiger partial charge is 0.270 e. The van der Waals surface area contributed by atoms with Gasteiger partial charge in [-0.15, -0.1) is 0 Å². The summed E-state index contributed by atoms with van der Waals surface area (Å²) in [6.07, 6.45) is 4.04. The van der Waals surface area contributed by atoms with E-state index in [9.17, 15) is 4.79 Å². The molecule has 2 rings (SSSR count). The van der Waals surface area contributed by atoms with E-state index in [1.807, 2.05) is 21.7 Å². The Morgan fingerprint density at radius 1 is 1.61 bits per heavy atom. The van der Waals surface area contributed by atoms with E-state index in [1.54, 1.807) is 0 Å². The van der Waals surface area contributed by atoms with Gasteiger partial charge in [-0.2, -0.15) is 0 Å². The maximum atomic E-state index is 12.6. The fourth-order valence-electron chi connectivity index (χ4n) is 2.54. The third kappa shape index (κ3) is 2.47. The van der Waals surface area contributed by atoms with Crippen LogP contribution in [0.2, 0.25) is 0 Å². The molecule has 2 N–H and O–H groups in total. The normalized spacial score (nSPS) is 19.8. The summed E-state index contributed by atoms with van der Waals surface area (Å²) in [6, 6.07) is 2.37. The quantitative estimate of drug-likeness (QED) is 0.931. The van der Waals surface area contributed by atoms with Gasteiger partial charge in [0.1, 0.15) is 5.69 Å². The molecule has 0 aromatic carbocycles. The van der Waals surface area contributed by atoms with Crippen LogP contribution in [0.15, 0.2) is 16.7 Å². The van der Waals surface area contributed by atoms with Gasteiger partial charge in [0.2, 0.25) is 0 Å². The van der Waals surface area contributed by atoms with Gasteiger partial charge in [-0.05, 0) is 48.7 Å². The monoisotopic (exact) mass is 313 g/mol. The van der Waals surface area contributed by atoms with Crippen molar-refractivity contribution in [2.75, 3.05) is 13.1 Å².